The van der Waals surface area contributed by atoms with E-state index in [0.717, 1.165) is 12.1 Å². The van der Waals surface area contributed by atoms with Crippen molar-refractivity contribution in [1.29, 1.82) is 0 Å². The molecule has 6 nitrogen and oxygen atoms in total. The highest BCUT2D eigenvalue weighted by Gasteiger charge is 2.25. The number of phenols is 1. The van der Waals surface area contributed by atoms with Crippen LogP contribution in [-0.2, 0) is 0 Å². The fourth-order valence-electron chi connectivity index (χ4n) is 1.14. The Morgan fingerprint density at radius 3 is 2.67 bits per heavy atom. The molecular formula is C8H9FN2O4. The molecule has 0 aliphatic heterocycles. The second-order valence-electron chi connectivity index (χ2n) is 2.88. The summed E-state index contributed by atoms with van der Waals surface area (Å²) >= 11 is 0. The van der Waals surface area contributed by atoms with E-state index < -0.39 is 34.8 Å². The molecule has 1 rings (SSSR count). The van der Waals surface area contributed by atoms with Gasteiger partial charge in [0.2, 0.25) is 11.6 Å². The number of halogens is 1. The standard InChI is InChI=1S/C8H9FN2O4/c9-5-2-1-4(6(10)3-12)8(13)7(5)11(14)15/h1-2,6,12-13H,3,10H2/t6-/m0/s1. The highest BCUT2D eigenvalue weighted by atomic mass is 19.1. The minimum atomic E-state index is -1.15. The van der Waals surface area contributed by atoms with Gasteiger partial charge in [-0.1, -0.05) is 6.07 Å². The maximum Gasteiger partial charge on any atom is 0.346 e. The summed E-state index contributed by atoms with van der Waals surface area (Å²) in [6, 6.07) is 0.936. The van der Waals surface area contributed by atoms with Gasteiger partial charge in [-0.3, -0.25) is 10.1 Å². The van der Waals surface area contributed by atoms with Crippen molar-refractivity contribution in [3.8, 4) is 5.75 Å². The highest BCUT2D eigenvalue weighted by molar-refractivity contribution is 5.52. The summed E-state index contributed by atoms with van der Waals surface area (Å²) in [4.78, 5) is 9.36. The minimum absolute atomic E-state index is 0.0643. The molecule has 0 radical (unpaired) electrons. The number of nitrogens with two attached hydrogens (primary N) is 1. The average Bonchev–Trinajstić information content (AvgIpc) is 2.16. The van der Waals surface area contributed by atoms with Crippen molar-refractivity contribution in [2.24, 2.45) is 5.73 Å². The molecular weight excluding hydrogens is 207 g/mol. The monoisotopic (exact) mass is 216 g/mol. The molecule has 82 valence electrons. The SMILES string of the molecule is N[C@@H](CO)c1ccc(F)c([N+](=O)[O-])c1O. The van der Waals surface area contributed by atoms with E-state index in [0.29, 0.717) is 0 Å². The van der Waals surface area contributed by atoms with Crippen molar-refractivity contribution in [2.45, 2.75) is 6.04 Å². The van der Waals surface area contributed by atoms with Gasteiger partial charge in [0.05, 0.1) is 17.6 Å². The molecule has 0 saturated heterocycles. The van der Waals surface area contributed by atoms with Crippen LogP contribution in [0.4, 0.5) is 10.1 Å². The number of rotatable bonds is 3. The van der Waals surface area contributed by atoms with Crippen LogP contribution in [0, 0.1) is 15.9 Å². The number of benzene rings is 1. The summed E-state index contributed by atoms with van der Waals surface area (Å²) in [6.07, 6.45) is 0. The number of hydrogen-bond donors (Lipinski definition) is 3. The Hall–Kier alpha value is -1.73. The Balaban J connectivity index is 3.34. The average molecular weight is 216 g/mol. The zero-order valence-electron chi connectivity index (χ0n) is 7.55. The summed E-state index contributed by atoms with van der Waals surface area (Å²) in [6.45, 7) is -0.504. The maximum atomic E-state index is 12.9. The molecule has 0 fully saturated rings. The van der Waals surface area contributed by atoms with Crippen molar-refractivity contribution < 1.29 is 19.5 Å². The van der Waals surface area contributed by atoms with Gasteiger partial charge in [0.15, 0.2) is 0 Å². The molecule has 0 saturated carbocycles. The molecule has 0 amide bonds. The molecule has 0 aliphatic rings. The Morgan fingerprint density at radius 2 is 2.20 bits per heavy atom. The third kappa shape index (κ3) is 2.03. The van der Waals surface area contributed by atoms with Crippen molar-refractivity contribution in [3.63, 3.8) is 0 Å². The van der Waals surface area contributed by atoms with Gasteiger partial charge in [-0.15, -0.1) is 0 Å². The summed E-state index contributed by atoms with van der Waals surface area (Å²) in [7, 11) is 0. The lowest BCUT2D eigenvalue weighted by Crippen LogP contribution is -2.15. The second-order valence-corrected chi connectivity index (χ2v) is 2.88. The van der Waals surface area contributed by atoms with Crippen LogP contribution in [0.5, 0.6) is 5.75 Å². The molecule has 0 unspecified atom stereocenters. The predicted octanol–water partition coefficient (Wildman–Crippen LogP) is 0.432. The van der Waals surface area contributed by atoms with Gasteiger partial charge in [0, 0.05) is 5.56 Å². The van der Waals surface area contributed by atoms with Crippen LogP contribution in [0.3, 0.4) is 0 Å². The maximum absolute atomic E-state index is 12.9. The van der Waals surface area contributed by atoms with Crippen LogP contribution < -0.4 is 5.73 Å². The zero-order chi connectivity index (χ0) is 11.6. The Kier molecular flexibility index (Phi) is 3.17. The van der Waals surface area contributed by atoms with Crippen LogP contribution in [-0.4, -0.2) is 21.7 Å². The van der Waals surface area contributed by atoms with Gasteiger partial charge in [-0.05, 0) is 6.07 Å². The van der Waals surface area contributed by atoms with Crippen LogP contribution in [0.2, 0.25) is 0 Å². The summed E-state index contributed by atoms with van der Waals surface area (Å²) < 4.78 is 12.9. The number of aliphatic hydroxyl groups excluding tert-OH is 1. The molecule has 1 aromatic rings. The fraction of sp³-hybridized carbons (Fsp3) is 0.250. The van der Waals surface area contributed by atoms with Gasteiger partial charge >= 0.3 is 5.69 Å². The van der Waals surface area contributed by atoms with Gasteiger partial charge in [-0.25, -0.2) is 0 Å². The van der Waals surface area contributed by atoms with E-state index in [1.165, 1.54) is 0 Å². The highest BCUT2D eigenvalue weighted by Crippen LogP contribution is 2.34. The minimum Gasteiger partial charge on any atom is -0.502 e. The van der Waals surface area contributed by atoms with E-state index >= 15 is 0 Å². The summed E-state index contributed by atoms with van der Waals surface area (Å²) in [5.41, 5.74) is 4.26. The quantitative estimate of drug-likeness (QED) is 0.501. The van der Waals surface area contributed by atoms with Crippen molar-refractivity contribution in [1.82, 2.24) is 0 Å². The first-order valence-electron chi connectivity index (χ1n) is 4.01. The fourth-order valence-corrected chi connectivity index (χ4v) is 1.14. The smallest absolute Gasteiger partial charge is 0.346 e. The largest absolute Gasteiger partial charge is 0.502 e. The number of hydrogen-bond acceptors (Lipinski definition) is 5. The van der Waals surface area contributed by atoms with E-state index in [1.54, 1.807) is 0 Å². The number of aromatic hydroxyl groups is 1. The zero-order valence-corrected chi connectivity index (χ0v) is 7.55. The van der Waals surface area contributed by atoms with Crippen LogP contribution in [0.15, 0.2) is 12.1 Å². The third-order valence-electron chi connectivity index (χ3n) is 1.91. The van der Waals surface area contributed by atoms with Crippen LogP contribution >= 0.6 is 0 Å². The Bertz CT molecular complexity index is 396. The third-order valence-corrected chi connectivity index (χ3v) is 1.91. The predicted molar refractivity (Wildman–Crippen MR) is 48.7 cm³/mol. The molecule has 0 aromatic heterocycles. The molecule has 1 atom stereocenters. The second kappa shape index (κ2) is 4.20. The lowest BCUT2D eigenvalue weighted by molar-refractivity contribution is -0.388. The Labute approximate surface area is 83.9 Å². The van der Waals surface area contributed by atoms with Crippen molar-refractivity contribution in [2.75, 3.05) is 6.61 Å². The first-order valence-corrected chi connectivity index (χ1v) is 4.01. The van der Waals surface area contributed by atoms with E-state index in [2.05, 4.69) is 0 Å². The number of nitro benzene ring substituents is 1. The van der Waals surface area contributed by atoms with E-state index in [1.807, 2.05) is 0 Å². The summed E-state index contributed by atoms with van der Waals surface area (Å²) in [5, 5.41) is 28.5. The molecule has 1 aromatic carbocycles. The number of phenolic OH excluding ortho intramolecular Hbond substituents is 1. The summed E-state index contributed by atoms with van der Waals surface area (Å²) in [5.74, 6) is -1.99. The van der Waals surface area contributed by atoms with Gasteiger partial charge in [0.1, 0.15) is 0 Å². The first-order chi connectivity index (χ1) is 6.99. The Morgan fingerprint density at radius 1 is 1.60 bits per heavy atom. The number of nitro groups is 1. The lowest BCUT2D eigenvalue weighted by Gasteiger charge is -2.10. The topological polar surface area (TPSA) is 110 Å². The molecule has 0 aliphatic carbocycles. The van der Waals surface area contributed by atoms with Crippen molar-refractivity contribution in [3.05, 3.63) is 33.6 Å². The molecule has 7 heteroatoms. The molecule has 0 bridgehead atoms. The van der Waals surface area contributed by atoms with E-state index in [9.17, 15) is 19.6 Å². The van der Waals surface area contributed by atoms with E-state index in [-0.39, 0.29) is 5.56 Å². The molecule has 0 spiro atoms. The number of nitrogens with zero attached hydrogens (tertiary/aromatic N) is 1. The molecule has 0 heterocycles. The lowest BCUT2D eigenvalue weighted by atomic mass is 10.1. The first kappa shape index (κ1) is 11.3. The van der Waals surface area contributed by atoms with Crippen molar-refractivity contribution >= 4 is 5.69 Å². The van der Waals surface area contributed by atoms with Gasteiger partial charge < -0.3 is 15.9 Å². The normalized spacial score (nSPS) is 12.5. The van der Waals surface area contributed by atoms with Crippen LogP contribution in [0.1, 0.15) is 11.6 Å². The molecule has 15 heavy (non-hydrogen) atoms. The number of aliphatic hydroxyl groups is 1. The van der Waals surface area contributed by atoms with Crippen LogP contribution in [0.25, 0.3) is 0 Å². The van der Waals surface area contributed by atoms with Gasteiger partial charge in [-0.2, -0.15) is 4.39 Å². The molecule has 4 N–H and O–H groups in total. The van der Waals surface area contributed by atoms with Gasteiger partial charge in [0.25, 0.3) is 0 Å². The van der Waals surface area contributed by atoms with E-state index in [4.69, 9.17) is 10.8 Å².